The smallest absolute Gasteiger partial charge is 0.106 e. The molecule has 0 radical (unpaired) electrons. The van der Waals surface area contributed by atoms with Crippen LogP contribution in [0, 0.1) is 17.2 Å². The molecular weight excluding hydrogens is 246 g/mol. The lowest BCUT2D eigenvalue weighted by atomic mass is 9.91. The lowest BCUT2D eigenvalue weighted by molar-refractivity contribution is 0.258. The largest absolute Gasteiger partial charge is 0.303 e. The van der Waals surface area contributed by atoms with Gasteiger partial charge in [0.25, 0.3) is 0 Å². The van der Waals surface area contributed by atoms with E-state index in [2.05, 4.69) is 30.1 Å². The number of likely N-dealkylation sites (tertiary alicyclic amines) is 1. The van der Waals surface area contributed by atoms with Crippen LogP contribution in [0.25, 0.3) is 0 Å². The molecule has 1 aliphatic heterocycles. The minimum atomic E-state index is -0.264. The molecule has 3 heteroatoms. The monoisotopic (exact) mass is 277 g/mol. The molecule has 2 rings (SSSR count). The highest BCUT2D eigenvalue weighted by Crippen LogP contribution is 2.27. The Labute approximate surface area is 124 Å². The standard InChI is InChI=1S/C17H31N3/c1-3-17(14-18,19-16-7-8-16)10-5-12-20-11-4-6-15(2)9-13-20/h15-16,19H,3-13H2,1-2H3. The molecule has 0 amide bonds. The van der Waals surface area contributed by atoms with Crippen LogP contribution >= 0.6 is 0 Å². The van der Waals surface area contributed by atoms with Gasteiger partial charge in [-0.25, -0.2) is 0 Å². The Bertz CT molecular complexity index is 332. The van der Waals surface area contributed by atoms with Gasteiger partial charge in [-0.2, -0.15) is 5.26 Å². The molecule has 1 heterocycles. The molecule has 0 aromatic rings. The second-order valence-electron chi connectivity index (χ2n) is 6.95. The molecule has 0 aromatic carbocycles. The lowest BCUT2D eigenvalue weighted by Crippen LogP contribution is -2.45. The number of hydrogen-bond acceptors (Lipinski definition) is 3. The molecule has 1 saturated heterocycles. The van der Waals surface area contributed by atoms with Crippen LogP contribution in [0.2, 0.25) is 0 Å². The molecular formula is C17H31N3. The van der Waals surface area contributed by atoms with Crippen LogP contribution in [0.3, 0.4) is 0 Å². The zero-order valence-electron chi connectivity index (χ0n) is 13.3. The highest BCUT2D eigenvalue weighted by atomic mass is 15.1. The molecule has 1 aliphatic carbocycles. The van der Waals surface area contributed by atoms with E-state index in [1.54, 1.807) is 0 Å². The minimum absolute atomic E-state index is 0.264. The molecule has 114 valence electrons. The third-order valence-electron chi connectivity index (χ3n) is 5.06. The van der Waals surface area contributed by atoms with Gasteiger partial charge in [0.2, 0.25) is 0 Å². The summed E-state index contributed by atoms with van der Waals surface area (Å²) in [4.78, 5) is 2.61. The molecule has 0 bridgehead atoms. The quantitative estimate of drug-likeness (QED) is 0.776. The van der Waals surface area contributed by atoms with E-state index in [1.807, 2.05) is 0 Å². The van der Waals surface area contributed by atoms with Crippen molar-refractivity contribution in [2.75, 3.05) is 19.6 Å². The Kier molecular flexibility index (Phi) is 5.86. The van der Waals surface area contributed by atoms with Gasteiger partial charge in [-0.15, -0.1) is 0 Å². The molecule has 2 fully saturated rings. The highest BCUT2D eigenvalue weighted by molar-refractivity contribution is 5.09. The Hall–Kier alpha value is -0.590. The van der Waals surface area contributed by atoms with Gasteiger partial charge >= 0.3 is 0 Å². The summed E-state index contributed by atoms with van der Waals surface area (Å²) < 4.78 is 0. The Morgan fingerprint density at radius 2 is 2.05 bits per heavy atom. The van der Waals surface area contributed by atoms with Crippen LogP contribution in [-0.4, -0.2) is 36.1 Å². The van der Waals surface area contributed by atoms with E-state index in [-0.39, 0.29) is 5.54 Å². The van der Waals surface area contributed by atoms with E-state index in [0.29, 0.717) is 6.04 Å². The molecule has 1 saturated carbocycles. The summed E-state index contributed by atoms with van der Waals surface area (Å²) in [5.41, 5.74) is -0.264. The molecule has 2 unspecified atom stereocenters. The van der Waals surface area contributed by atoms with Crippen molar-refractivity contribution in [3.63, 3.8) is 0 Å². The summed E-state index contributed by atoms with van der Waals surface area (Å²) in [6, 6.07) is 3.18. The number of nitriles is 1. The number of hydrogen-bond donors (Lipinski definition) is 1. The van der Waals surface area contributed by atoms with Crippen molar-refractivity contribution in [3.05, 3.63) is 0 Å². The minimum Gasteiger partial charge on any atom is -0.303 e. The first kappa shape index (κ1) is 15.8. The maximum atomic E-state index is 9.54. The average Bonchev–Trinajstić information content (AvgIpc) is 3.27. The van der Waals surface area contributed by atoms with Crippen LogP contribution in [0.15, 0.2) is 0 Å². The van der Waals surface area contributed by atoms with Crippen LogP contribution in [0.4, 0.5) is 0 Å². The fourth-order valence-electron chi connectivity index (χ4n) is 3.29. The van der Waals surface area contributed by atoms with E-state index in [1.165, 1.54) is 51.7 Å². The third-order valence-corrected chi connectivity index (χ3v) is 5.06. The Balaban J connectivity index is 1.73. The third kappa shape index (κ3) is 4.75. The van der Waals surface area contributed by atoms with Crippen molar-refractivity contribution >= 4 is 0 Å². The van der Waals surface area contributed by atoms with Crippen LogP contribution in [-0.2, 0) is 0 Å². The lowest BCUT2D eigenvalue weighted by Gasteiger charge is -2.28. The van der Waals surface area contributed by atoms with Gasteiger partial charge in [0.15, 0.2) is 0 Å². The van der Waals surface area contributed by atoms with Gasteiger partial charge in [-0.1, -0.05) is 13.8 Å². The van der Waals surface area contributed by atoms with Crippen LogP contribution in [0.1, 0.15) is 65.2 Å². The van der Waals surface area contributed by atoms with Gasteiger partial charge in [0.1, 0.15) is 5.54 Å². The summed E-state index contributed by atoms with van der Waals surface area (Å²) in [5.74, 6) is 0.894. The number of nitrogens with one attached hydrogen (secondary N) is 1. The van der Waals surface area contributed by atoms with Crippen molar-refractivity contribution in [1.29, 1.82) is 5.26 Å². The summed E-state index contributed by atoms with van der Waals surface area (Å²) in [5, 5.41) is 13.1. The predicted octanol–water partition coefficient (Wildman–Crippen LogP) is 3.31. The molecule has 1 N–H and O–H groups in total. The summed E-state index contributed by atoms with van der Waals surface area (Å²) in [7, 11) is 0. The normalized spacial score (nSPS) is 27.6. The van der Waals surface area contributed by atoms with Crippen molar-refractivity contribution in [3.8, 4) is 6.07 Å². The maximum absolute atomic E-state index is 9.54. The summed E-state index contributed by atoms with van der Waals surface area (Å²) in [6.45, 7) is 8.20. The van der Waals surface area contributed by atoms with Crippen LogP contribution < -0.4 is 5.32 Å². The fourth-order valence-corrected chi connectivity index (χ4v) is 3.29. The van der Waals surface area contributed by atoms with Crippen molar-refractivity contribution < 1.29 is 0 Å². The summed E-state index contributed by atoms with van der Waals surface area (Å²) in [6.07, 6.45) is 9.67. The van der Waals surface area contributed by atoms with Crippen molar-refractivity contribution in [2.45, 2.75) is 76.8 Å². The molecule has 0 aromatic heterocycles. The van der Waals surface area contributed by atoms with Gasteiger partial charge in [0.05, 0.1) is 6.07 Å². The van der Waals surface area contributed by atoms with E-state index in [9.17, 15) is 5.26 Å². The average molecular weight is 277 g/mol. The topological polar surface area (TPSA) is 39.1 Å². The molecule has 2 atom stereocenters. The highest BCUT2D eigenvalue weighted by Gasteiger charge is 2.34. The predicted molar refractivity (Wildman–Crippen MR) is 83.5 cm³/mol. The van der Waals surface area contributed by atoms with Crippen molar-refractivity contribution in [1.82, 2.24) is 10.2 Å². The van der Waals surface area contributed by atoms with E-state index >= 15 is 0 Å². The second-order valence-corrected chi connectivity index (χ2v) is 6.95. The van der Waals surface area contributed by atoms with Crippen molar-refractivity contribution in [2.24, 2.45) is 5.92 Å². The Morgan fingerprint density at radius 1 is 1.25 bits per heavy atom. The number of rotatable bonds is 7. The zero-order chi connectivity index (χ0) is 14.4. The van der Waals surface area contributed by atoms with Gasteiger partial charge in [-0.3, -0.25) is 5.32 Å². The molecule has 2 aliphatic rings. The first-order valence-corrected chi connectivity index (χ1v) is 8.59. The maximum Gasteiger partial charge on any atom is 0.106 e. The van der Waals surface area contributed by atoms with Gasteiger partial charge in [0, 0.05) is 6.04 Å². The number of nitrogens with zero attached hydrogens (tertiary/aromatic N) is 2. The second kappa shape index (κ2) is 7.43. The van der Waals surface area contributed by atoms with E-state index < -0.39 is 0 Å². The van der Waals surface area contributed by atoms with E-state index in [4.69, 9.17) is 0 Å². The van der Waals surface area contributed by atoms with Gasteiger partial charge < -0.3 is 4.90 Å². The SMILES string of the molecule is CCC(C#N)(CCCN1CCCC(C)CC1)NC1CC1. The Morgan fingerprint density at radius 3 is 2.70 bits per heavy atom. The zero-order valence-corrected chi connectivity index (χ0v) is 13.3. The molecule has 20 heavy (non-hydrogen) atoms. The van der Waals surface area contributed by atoms with Gasteiger partial charge in [-0.05, 0) is 76.9 Å². The molecule has 3 nitrogen and oxygen atoms in total. The molecule has 0 spiro atoms. The first-order valence-electron chi connectivity index (χ1n) is 8.59. The first-order chi connectivity index (χ1) is 9.67. The van der Waals surface area contributed by atoms with Crippen LogP contribution in [0.5, 0.6) is 0 Å². The summed E-state index contributed by atoms with van der Waals surface area (Å²) >= 11 is 0. The van der Waals surface area contributed by atoms with E-state index in [0.717, 1.165) is 25.2 Å². The fraction of sp³-hybridized carbons (Fsp3) is 0.941.